The van der Waals surface area contributed by atoms with Crippen molar-refractivity contribution < 1.29 is 9.84 Å². The zero-order valence-electron chi connectivity index (χ0n) is 11.3. The molecule has 0 fully saturated rings. The maximum absolute atomic E-state index is 10.3. The van der Waals surface area contributed by atoms with E-state index in [0.29, 0.717) is 5.92 Å². The van der Waals surface area contributed by atoms with E-state index in [2.05, 4.69) is 19.2 Å². The lowest BCUT2D eigenvalue weighted by molar-refractivity contribution is 0.110. The van der Waals surface area contributed by atoms with Gasteiger partial charge in [0.1, 0.15) is 5.75 Å². The molecule has 0 spiro atoms. The van der Waals surface area contributed by atoms with Gasteiger partial charge < -0.3 is 15.2 Å². The Kier molecular flexibility index (Phi) is 4.97. The Morgan fingerprint density at radius 2 is 1.94 bits per heavy atom. The maximum atomic E-state index is 10.3. The predicted molar refractivity (Wildman–Crippen MR) is 70.4 cm³/mol. The maximum Gasteiger partial charge on any atom is 0.121 e. The number of aryl methyl sites for hydroxylation is 1. The van der Waals surface area contributed by atoms with Gasteiger partial charge >= 0.3 is 0 Å². The Morgan fingerprint density at radius 1 is 1.29 bits per heavy atom. The summed E-state index contributed by atoms with van der Waals surface area (Å²) in [4.78, 5) is 0. The summed E-state index contributed by atoms with van der Waals surface area (Å²) in [6, 6.07) is 5.86. The highest BCUT2D eigenvalue weighted by Crippen LogP contribution is 2.26. The van der Waals surface area contributed by atoms with Crippen molar-refractivity contribution in [3.05, 3.63) is 29.3 Å². The molecule has 1 aromatic rings. The number of methoxy groups -OCH3 is 1. The Hall–Kier alpha value is -1.06. The SMILES string of the molecule is CNC(C(C)C)C(O)c1ccc(OC)c(C)c1. The average molecular weight is 237 g/mol. The summed E-state index contributed by atoms with van der Waals surface area (Å²) in [7, 11) is 3.53. The van der Waals surface area contributed by atoms with E-state index in [1.807, 2.05) is 32.2 Å². The molecule has 96 valence electrons. The van der Waals surface area contributed by atoms with Gasteiger partial charge in [-0.2, -0.15) is 0 Å². The molecule has 0 radical (unpaired) electrons. The zero-order valence-corrected chi connectivity index (χ0v) is 11.3. The van der Waals surface area contributed by atoms with Gasteiger partial charge in [0.2, 0.25) is 0 Å². The van der Waals surface area contributed by atoms with Crippen LogP contribution >= 0.6 is 0 Å². The average Bonchev–Trinajstić information content (AvgIpc) is 2.29. The fourth-order valence-electron chi connectivity index (χ4n) is 2.15. The molecule has 0 aliphatic rings. The lowest BCUT2D eigenvalue weighted by Crippen LogP contribution is -2.36. The lowest BCUT2D eigenvalue weighted by Gasteiger charge is -2.26. The van der Waals surface area contributed by atoms with Gasteiger partial charge in [-0.3, -0.25) is 0 Å². The normalized spacial score (nSPS) is 14.8. The molecule has 0 amide bonds. The predicted octanol–water partition coefficient (Wildman–Crippen LogP) is 2.28. The van der Waals surface area contributed by atoms with Gasteiger partial charge in [-0.15, -0.1) is 0 Å². The number of hydrogen-bond acceptors (Lipinski definition) is 3. The van der Waals surface area contributed by atoms with Gasteiger partial charge in [-0.1, -0.05) is 19.9 Å². The molecule has 1 aromatic carbocycles. The van der Waals surface area contributed by atoms with E-state index in [-0.39, 0.29) is 6.04 Å². The van der Waals surface area contributed by atoms with Gasteiger partial charge in [-0.05, 0) is 43.1 Å². The molecule has 2 N–H and O–H groups in total. The van der Waals surface area contributed by atoms with Gasteiger partial charge in [0.05, 0.1) is 13.2 Å². The summed E-state index contributed by atoms with van der Waals surface area (Å²) < 4.78 is 5.22. The van der Waals surface area contributed by atoms with Crippen LogP contribution in [-0.2, 0) is 0 Å². The molecule has 3 heteroatoms. The van der Waals surface area contributed by atoms with Crippen molar-refractivity contribution >= 4 is 0 Å². The van der Waals surface area contributed by atoms with Crippen LogP contribution in [0.3, 0.4) is 0 Å². The molecule has 1 rings (SSSR count). The third kappa shape index (κ3) is 3.20. The smallest absolute Gasteiger partial charge is 0.121 e. The van der Waals surface area contributed by atoms with E-state index in [1.165, 1.54) is 0 Å². The van der Waals surface area contributed by atoms with Gasteiger partial charge in [0, 0.05) is 6.04 Å². The number of benzene rings is 1. The molecule has 2 unspecified atom stereocenters. The van der Waals surface area contributed by atoms with Crippen LogP contribution in [-0.4, -0.2) is 25.3 Å². The number of nitrogens with one attached hydrogen (secondary N) is 1. The standard InChI is InChI=1S/C14H23NO2/c1-9(2)13(15-4)14(16)11-6-7-12(17-5)10(3)8-11/h6-9,13-16H,1-5H3. The van der Waals surface area contributed by atoms with Gasteiger partial charge in [-0.25, -0.2) is 0 Å². The summed E-state index contributed by atoms with van der Waals surface area (Å²) in [6.07, 6.45) is -0.496. The summed E-state index contributed by atoms with van der Waals surface area (Å²) in [5, 5.41) is 13.5. The van der Waals surface area contributed by atoms with Gasteiger partial charge in [0.25, 0.3) is 0 Å². The quantitative estimate of drug-likeness (QED) is 0.825. The van der Waals surface area contributed by atoms with E-state index in [4.69, 9.17) is 4.74 Å². The number of aliphatic hydroxyl groups excluding tert-OH is 1. The second kappa shape index (κ2) is 6.03. The molecule has 0 bridgehead atoms. The monoisotopic (exact) mass is 237 g/mol. The molecule has 0 aliphatic heterocycles. The van der Waals surface area contributed by atoms with Crippen LogP contribution in [0.5, 0.6) is 5.75 Å². The highest BCUT2D eigenvalue weighted by molar-refractivity contribution is 5.37. The fourth-order valence-corrected chi connectivity index (χ4v) is 2.15. The first-order valence-electron chi connectivity index (χ1n) is 6.01. The second-order valence-corrected chi connectivity index (χ2v) is 4.73. The molecular formula is C14H23NO2. The topological polar surface area (TPSA) is 41.5 Å². The molecule has 0 saturated heterocycles. The molecule has 17 heavy (non-hydrogen) atoms. The van der Waals surface area contributed by atoms with Crippen molar-refractivity contribution in [2.75, 3.05) is 14.2 Å². The van der Waals surface area contributed by atoms with Crippen LogP contribution in [0, 0.1) is 12.8 Å². The third-order valence-corrected chi connectivity index (χ3v) is 3.15. The first kappa shape index (κ1) is 14.0. The van der Waals surface area contributed by atoms with Crippen molar-refractivity contribution in [1.82, 2.24) is 5.32 Å². The molecule has 0 heterocycles. The summed E-state index contributed by atoms with van der Waals surface area (Å²) in [5.41, 5.74) is 1.97. The third-order valence-electron chi connectivity index (χ3n) is 3.15. The van der Waals surface area contributed by atoms with Crippen molar-refractivity contribution in [2.24, 2.45) is 5.92 Å². The van der Waals surface area contributed by atoms with E-state index < -0.39 is 6.10 Å². The Bertz CT molecular complexity index is 363. The Balaban J connectivity index is 2.95. The minimum atomic E-state index is -0.496. The number of hydrogen-bond donors (Lipinski definition) is 2. The number of rotatable bonds is 5. The molecule has 0 aromatic heterocycles. The summed E-state index contributed by atoms with van der Waals surface area (Å²) >= 11 is 0. The minimum absolute atomic E-state index is 0.0581. The molecular weight excluding hydrogens is 214 g/mol. The van der Waals surface area contributed by atoms with Crippen LogP contribution in [0.1, 0.15) is 31.1 Å². The largest absolute Gasteiger partial charge is 0.496 e. The van der Waals surface area contributed by atoms with Gasteiger partial charge in [0.15, 0.2) is 0 Å². The molecule has 0 aliphatic carbocycles. The van der Waals surface area contributed by atoms with Crippen LogP contribution < -0.4 is 10.1 Å². The Labute approximate surface area is 104 Å². The lowest BCUT2D eigenvalue weighted by atomic mass is 9.93. The van der Waals surface area contributed by atoms with Crippen molar-refractivity contribution in [3.63, 3.8) is 0 Å². The van der Waals surface area contributed by atoms with E-state index in [1.54, 1.807) is 7.11 Å². The van der Waals surface area contributed by atoms with Crippen LogP contribution in [0.2, 0.25) is 0 Å². The van der Waals surface area contributed by atoms with Crippen molar-refractivity contribution in [3.8, 4) is 5.75 Å². The van der Waals surface area contributed by atoms with Crippen LogP contribution in [0.15, 0.2) is 18.2 Å². The first-order valence-corrected chi connectivity index (χ1v) is 6.01. The van der Waals surface area contributed by atoms with E-state index in [0.717, 1.165) is 16.9 Å². The number of ether oxygens (including phenoxy) is 1. The minimum Gasteiger partial charge on any atom is -0.496 e. The molecule has 2 atom stereocenters. The number of likely N-dealkylation sites (N-methyl/N-ethyl adjacent to an activating group) is 1. The van der Waals surface area contributed by atoms with E-state index in [9.17, 15) is 5.11 Å². The van der Waals surface area contributed by atoms with E-state index >= 15 is 0 Å². The summed E-state index contributed by atoms with van der Waals surface area (Å²) in [6.45, 7) is 6.18. The highest BCUT2D eigenvalue weighted by atomic mass is 16.5. The molecule has 3 nitrogen and oxygen atoms in total. The first-order chi connectivity index (χ1) is 8.01. The second-order valence-electron chi connectivity index (χ2n) is 4.73. The van der Waals surface area contributed by atoms with Crippen molar-refractivity contribution in [1.29, 1.82) is 0 Å². The summed E-state index contributed by atoms with van der Waals surface area (Å²) in [5.74, 6) is 1.23. The highest BCUT2D eigenvalue weighted by Gasteiger charge is 2.22. The number of aliphatic hydroxyl groups is 1. The van der Waals surface area contributed by atoms with Crippen LogP contribution in [0.25, 0.3) is 0 Å². The zero-order chi connectivity index (χ0) is 13.0. The van der Waals surface area contributed by atoms with Crippen molar-refractivity contribution in [2.45, 2.75) is 32.9 Å². The fraction of sp³-hybridized carbons (Fsp3) is 0.571. The Morgan fingerprint density at radius 3 is 2.35 bits per heavy atom. The van der Waals surface area contributed by atoms with Crippen LogP contribution in [0.4, 0.5) is 0 Å². The molecule has 0 saturated carbocycles.